The van der Waals surface area contributed by atoms with Gasteiger partial charge in [0.15, 0.2) is 0 Å². The Morgan fingerprint density at radius 1 is 1.07 bits per heavy atom. The van der Waals surface area contributed by atoms with E-state index in [1.807, 2.05) is 36.4 Å². The summed E-state index contributed by atoms with van der Waals surface area (Å²) in [5, 5.41) is 0. The van der Waals surface area contributed by atoms with E-state index in [0.29, 0.717) is 11.5 Å². The number of benzene rings is 1. The third-order valence-electron chi connectivity index (χ3n) is 3.08. The summed E-state index contributed by atoms with van der Waals surface area (Å²) in [5.41, 5.74) is 0.711. The average molecular weight is 204 g/mol. The molecule has 0 bridgehead atoms. The predicted octanol–water partition coefficient (Wildman–Crippen LogP) is 4.58. The van der Waals surface area contributed by atoms with Crippen molar-refractivity contribution in [3.05, 3.63) is 42.0 Å². The topological polar surface area (TPSA) is 0 Å². The lowest BCUT2D eigenvalue weighted by molar-refractivity contribution is 0.417. The van der Waals surface area contributed by atoms with E-state index in [9.17, 15) is 4.39 Å². The zero-order chi connectivity index (χ0) is 10.5. The Bertz CT molecular complexity index is 320. The van der Waals surface area contributed by atoms with Gasteiger partial charge in [-0.15, -0.1) is 0 Å². The van der Waals surface area contributed by atoms with Crippen molar-refractivity contribution < 1.29 is 4.39 Å². The van der Waals surface area contributed by atoms with Crippen LogP contribution in [0.15, 0.2) is 36.4 Å². The number of allylic oxidation sites excluding steroid dienone is 1. The van der Waals surface area contributed by atoms with Crippen LogP contribution in [0.2, 0.25) is 0 Å². The van der Waals surface area contributed by atoms with Gasteiger partial charge in [-0.1, -0.05) is 49.6 Å². The molecule has 1 aromatic rings. The molecular weight excluding hydrogens is 187 g/mol. The van der Waals surface area contributed by atoms with Crippen molar-refractivity contribution in [2.45, 2.75) is 32.1 Å². The highest BCUT2D eigenvalue weighted by atomic mass is 19.1. The molecule has 0 aliphatic heterocycles. The summed E-state index contributed by atoms with van der Waals surface area (Å²) in [7, 11) is 0. The minimum atomic E-state index is -0.0532. The maximum absolute atomic E-state index is 13.8. The first-order valence-corrected chi connectivity index (χ1v) is 5.79. The van der Waals surface area contributed by atoms with Crippen LogP contribution in [-0.4, -0.2) is 0 Å². The molecule has 1 aliphatic rings. The Kier molecular flexibility index (Phi) is 3.54. The molecule has 0 aromatic heterocycles. The summed E-state index contributed by atoms with van der Waals surface area (Å²) in [6, 6.07) is 9.33. The maximum atomic E-state index is 13.8. The van der Waals surface area contributed by atoms with Crippen LogP contribution in [0.1, 0.15) is 37.7 Å². The molecule has 0 unspecified atom stereocenters. The number of rotatable bonds is 2. The monoisotopic (exact) mass is 204 g/mol. The first-order chi connectivity index (χ1) is 7.36. The summed E-state index contributed by atoms with van der Waals surface area (Å²) in [6.07, 6.45) is 7.94. The molecule has 80 valence electrons. The third kappa shape index (κ3) is 2.92. The van der Waals surface area contributed by atoms with Gasteiger partial charge in [0.05, 0.1) is 0 Å². The van der Waals surface area contributed by atoms with E-state index < -0.39 is 0 Å². The van der Waals surface area contributed by atoms with Gasteiger partial charge in [-0.25, -0.2) is 4.39 Å². The second kappa shape index (κ2) is 5.11. The quantitative estimate of drug-likeness (QED) is 0.661. The number of hydrogen-bond donors (Lipinski definition) is 0. The van der Waals surface area contributed by atoms with E-state index in [1.165, 1.54) is 19.3 Å². The van der Waals surface area contributed by atoms with Gasteiger partial charge in [-0.05, 0) is 24.8 Å². The van der Waals surface area contributed by atoms with Gasteiger partial charge in [0.2, 0.25) is 0 Å². The third-order valence-corrected chi connectivity index (χ3v) is 3.08. The molecule has 0 saturated heterocycles. The van der Waals surface area contributed by atoms with Crippen molar-refractivity contribution in [2.24, 2.45) is 5.92 Å². The van der Waals surface area contributed by atoms with Crippen LogP contribution in [0.4, 0.5) is 4.39 Å². The Balaban J connectivity index is 2.06. The van der Waals surface area contributed by atoms with E-state index in [-0.39, 0.29) is 5.83 Å². The molecule has 15 heavy (non-hydrogen) atoms. The van der Waals surface area contributed by atoms with Crippen molar-refractivity contribution in [3.8, 4) is 0 Å². The largest absolute Gasteiger partial charge is 0.207 e. The molecule has 0 nitrogen and oxygen atoms in total. The van der Waals surface area contributed by atoms with Crippen LogP contribution in [-0.2, 0) is 0 Å². The van der Waals surface area contributed by atoms with Crippen molar-refractivity contribution in [1.29, 1.82) is 0 Å². The lowest BCUT2D eigenvalue weighted by Crippen LogP contribution is -2.03. The molecule has 0 spiro atoms. The van der Waals surface area contributed by atoms with Crippen molar-refractivity contribution in [3.63, 3.8) is 0 Å². The highest BCUT2D eigenvalue weighted by Crippen LogP contribution is 2.28. The zero-order valence-corrected chi connectivity index (χ0v) is 8.95. The Morgan fingerprint density at radius 3 is 2.40 bits per heavy atom. The van der Waals surface area contributed by atoms with Gasteiger partial charge < -0.3 is 0 Å². The summed E-state index contributed by atoms with van der Waals surface area (Å²) < 4.78 is 13.8. The molecule has 0 N–H and O–H groups in total. The summed E-state index contributed by atoms with van der Waals surface area (Å²) in [4.78, 5) is 0. The molecule has 1 saturated carbocycles. The van der Waals surface area contributed by atoms with E-state index in [1.54, 1.807) is 0 Å². The fraction of sp³-hybridized carbons (Fsp3) is 0.429. The van der Waals surface area contributed by atoms with Crippen LogP contribution >= 0.6 is 0 Å². The maximum Gasteiger partial charge on any atom is 0.126 e. The van der Waals surface area contributed by atoms with Crippen molar-refractivity contribution in [1.82, 2.24) is 0 Å². The second-order valence-electron chi connectivity index (χ2n) is 4.28. The Labute approximate surface area is 90.8 Å². The number of halogens is 1. The van der Waals surface area contributed by atoms with Gasteiger partial charge in [0, 0.05) is 5.56 Å². The average Bonchev–Trinajstić information content (AvgIpc) is 2.31. The Hall–Kier alpha value is -1.11. The molecule has 0 heterocycles. The van der Waals surface area contributed by atoms with Crippen molar-refractivity contribution >= 4 is 5.83 Å². The fourth-order valence-electron chi connectivity index (χ4n) is 2.20. The molecular formula is C14H17F. The zero-order valence-electron chi connectivity index (χ0n) is 8.95. The van der Waals surface area contributed by atoms with Gasteiger partial charge in [-0.2, -0.15) is 0 Å². The fourth-order valence-corrected chi connectivity index (χ4v) is 2.20. The minimum Gasteiger partial charge on any atom is -0.207 e. The molecule has 0 atom stereocenters. The first-order valence-electron chi connectivity index (χ1n) is 5.79. The summed E-state index contributed by atoms with van der Waals surface area (Å²) in [5.74, 6) is 0.404. The lowest BCUT2D eigenvalue weighted by atomic mass is 9.88. The van der Waals surface area contributed by atoms with E-state index in [4.69, 9.17) is 0 Å². The highest BCUT2D eigenvalue weighted by molar-refractivity contribution is 5.58. The van der Waals surface area contributed by atoms with Gasteiger partial charge in [0.25, 0.3) is 0 Å². The van der Waals surface area contributed by atoms with Crippen LogP contribution in [0.25, 0.3) is 5.83 Å². The van der Waals surface area contributed by atoms with E-state index in [2.05, 4.69) is 0 Å². The smallest absolute Gasteiger partial charge is 0.126 e. The van der Waals surface area contributed by atoms with Gasteiger partial charge in [-0.3, -0.25) is 0 Å². The summed E-state index contributed by atoms with van der Waals surface area (Å²) in [6.45, 7) is 0. The molecule has 1 fully saturated rings. The molecule has 1 heteroatoms. The first kappa shape index (κ1) is 10.4. The summed E-state index contributed by atoms with van der Waals surface area (Å²) >= 11 is 0. The van der Waals surface area contributed by atoms with Crippen LogP contribution < -0.4 is 0 Å². The lowest BCUT2D eigenvalue weighted by Gasteiger charge is -2.18. The molecule has 0 amide bonds. The highest BCUT2D eigenvalue weighted by Gasteiger charge is 2.12. The number of hydrogen-bond acceptors (Lipinski definition) is 0. The van der Waals surface area contributed by atoms with Crippen LogP contribution in [0, 0.1) is 5.92 Å². The molecule has 1 aromatic carbocycles. The van der Waals surface area contributed by atoms with Crippen molar-refractivity contribution in [2.75, 3.05) is 0 Å². The second-order valence-corrected chi connectivity index (χ2v) is 4.28. The van der Waals surface area contributed by atoms with E-state index >= 15 is 0 Å². The SMILES string of the molecule is F/C(=C\C1CCCCC1)c1ccccc1. The van der Waals surface area contributed by atoms with Crippen LogP contribution in [0.3, 0.4) is 0 Å². The minimum absolute atomic E-state index is 0.0532. The van der Waals surface area contributed by atoms with Gasteiger partial charge in [0.1, 0.15) is 5.83 Å². The standard InChI is InChI=1S/C14H17F/c15-14(13-9-5-2-6-10-13)11-12-7-3-1-4-8-12/h2,5-6,9-12H,1,3-4,7-8H2/b14-11-. The molecule has 0 radical (unpaired) electrons. The van der Waals surface area contributed by atoms with Gasteiger partial charge >= 0.3 is 0 Å². The van der Waals surface area contributed by atoms with Crippen LogP contribution in [0.5, 0.6) is 0 Å². The molecule has 2 rings (SSSR count). The predicted molar refractivity (Wildman–Crippen MR) is 62.1 cm³/mol. The Morgan fingerprint density at radius 2 is 1.73 bits per heavy atom. The molecule has 1 aliphatic carbocycles. The normalized spacial score (nSPS) is 19.1. The van der Waals surface area contributed by atoms with E-state index in [0.717, 1.165) is 12.8 Å².